The summed E-state index contributed by atoms with van der Waals surface area (Å²) in [4.78, 5) is 34.0. The zero-order chi connectivity index (χ0) is 21.0. The Kier molecular flexibility index (Phi) is 8.37. The van der Waals surface area contributed by atoms with E-state index in [1.165, 1.54) is 0 Å². The maximum absolute atomic E-state index is 12.5. The number of anilines is 1. The summed E-state index contributed by atoms with van der Waals surface area (Å²) in [6, 6.07) is 7.71. The van der Waals surface area contributed by atoms with Crippen LogP contribution in [0.5, 0.6) is 0 Å². The number of pyridine rings is 1. The lowest BCUT2D eigenvalue weighted by Gasteiger charge is -2.34. The normalized spacial score (nSPS) is 14.5. The van der Waals surface area contributed by atoms with Crippen molar-refractivity contribution in [1.82, 2.24) is 30.5 Å². The van der Waals surface area contributed by atoms with Gasteiger partial charge in [0.15, 0.2) is 5.96 Å². The second-order valence-electron chi connectivity index (χ2n) is 6.93. The van der Waals surface area contributed by atoms with E-state index >= 15 is 0 Å². The molecule has 0 saturated carbocycles. The second-order valence-corrected chi connectivity index (χ2v) is 6.93. The number of amides is 1. The zero-order valence-electron chi connectivity index (χ0n) is 17.5. The summed E-state index contributed by atoms with van der Waals surface area (Å²) in [7, 11) is 0. The lowest BCUT2D eigenvalue weighted by molar-refractivity contribution is -0.131. The van der Waals surface area contributed by atoms with Gasteiger partial charge < -0.3 is 20.4 Å². The Morgan fingerprint density at radius 1 is 1.03 bits per heavy atom. The molecule has 0 aromatic carbocycles. The maximum Gasteiger partial charge on any atom is 0.225 e. The Bertz CT molecular complexity index is 791. The number of piperazine rings is 1. The fraction of sp³-hybridized carbons (Fsp3) is 0.476. The monoisotopic (exact) mass is 410 g/mol. The summed E-state index contributed by atoms with van der Waals surface area (Å²) >= 11 is 0. The molecule has 0 unspecified atom stereocenters. The number of hydrogen-bond donors (Lipinski definition) is 2. The third-order valence-corrected chi connectivity index (χ3v) is 4.81. The lowest BCUT2D eigenvalue weighted by Crippen LogP contribution is -2.49. The topological polar surface area (TPSA) is 98.6 Å². The van der Waals surface area contributed by atoms with Gasteiger partial charge in [-0.3, -0.25) is 14.8 Å². The van der Waals surface area contributed by atoms with Crippen LogP contribution >= 0.6 is 0 Å². The van der Waals surface area contributed by atoms with Crippen LogP contribution in [0.15, 0.2) is 47.8 Å². The van der Waals surface area contributed by atoms with Crippen LogP contribution in [0.1, 0.15) is 19.0 Å². The minimum absolute atomic E-state index is 0.136. The predicted molar refractivity (Wildman–Crippen MR) is 117 cm³/mol. The van der Waals surface area contributed by atoms with E-state index in [0.717, 1.165) is 50.2 Å². The van der Waals surface area contributed by atoms with Gasteiger partial charge in [-0.25, -0.2) is 9.97 Å². The highest BCUT2D eigenvalue weighted by Crippen LogP contribution is 2.10. The quantitative estimate of drug-likeness (QED) is 0.488. The standard InChI is InChI=1S/C21H30N8O/c1-2-22-20(24-12-7-18-6-3-4-9-23-18)25-13-8-19(30)28-14-16-29(17-15-28)21-26-10-5-11-27-21/h3-6,9-11H,2,7-8,12-17H2,1H3,(H2,22,24,25). The molecule has 2 aromatic heterocycles. The van der Waals surface area contributed by atoms with Gasteiger partial charge in [0.25, 0.3) is 0 Å². The van der Waals surface area contributed by atoms with Gasteiger partial charge in [0.2, 0.25) is 11.9 Å². The maximum atomic E-state index is 12.5. The Morgan fingerprint density at radius 2 is 1.80 bits per heavy atom. The molecule has 3 heterocycles. The molecule has 1 aliphatic rings. The van der Waals surface area contributed by atoms with E-state index in [1.807, 2.05) is 30.0 Å². The second kappa shape index (κ2) is 11.7. The van der Waals surface area contributed by atoms with Crippen LogP contribution in [0.4, 0.5) is 5.95 Å². The van der Waals surface area contributed by atoms with Crippen molar-refractivity contribution in [2.75, 3.05) is 50.7 Å². The highest BCUT2D eigenvalue weighted by molar-refractivity contribution is 5.81. The first-order valence-electron chi connectivity index (χ1n) is 10.5. The molecule has 0 atom stereocenters. The van der Waals surface area contributed by atoms with Crippen molar-refractivity contribution < 1.29 is 4.79 Å². The van der Waals surface area contributed by atoms with Gasteiger partial charge in [-0.2, -0.15) is 0 Å². The molecule has 0 aliphatic carbocycles. The molecule has 1 aliphatic heterocycles. The van der Waals surface area contributed by atoms with E-state index in [-0.39, 0.29) is 5.91 Å². The number of carbonyl (C=O) groups excluding carboxylic acids is 1. The molecule has 9 nitrogen and oxygen atoms in total. The number of nitrogens with one attached hydrogen (secondary N) is 2. The number of carbonyl (C=O) groups is 1. The first kappa shape index (κ1) is 21.5. The van der Waals surface area contributed by atoms with E-state index < -0.39 is 0 Å². The summed E-state index contributed by atoms with van der Waals surface area (Å²) in [5.41, 5.74) is 1.04. The smallest absolute Gasteiger partial charge is 0.225 e. The summed E-state index contributed by atoms with van der Waals surface area (Å²) < 4.78 is 0. The van der Waals surface area contributed by atoms with Crippen molar-refractivity contribution in [3.05, 3.63) is 48.5 Å². The third kappa shape index (κ3) is 6.68. The van der Waals surface area contributed by atoms with Gasteiger partial charge >= 0.3 is 0 Å². The number of rotatable bonds is 8. The number of nitrogens with zero attached hydrogens (tertiary/aromatic N) is 6. The minimum Gasteiger partial charge on any atom is -0.357 e. The summed E-state index contributed by atoms with van der Waals surface area (Å²) in [5, 5.41) is 6.52. The van der Waals surface area contributed by atoms with Crippen LogP contribution in [-0.4, -0.2) is 77.5 Å². The number of guanidine groups is 1. The van der Waals surface area contributed by atoms with Gasteiger partial charge in [-0.1, -0.05) is 6.07 Å². The summed E-state index contributed by atoms with van der Waals surface area (Å²) in [6.07, 6.45) is 6.50. The molecule has 1 amide bonds. The van der Waals surface area contributed by atoms with E-state index in [4.69, 9.17) is 0 Å². The van der Waals surface area contributed by atoms with Gasteiger partial charge in [-0.15, -0.1) is 0 Å². The number of hydrogen-bond acceptors (Lipinski definition) is 6. The summed E-state index contributed by atoms with van der Waals surface area (Å²) in [5.74, 6) is 1.59. The van der Waals surface area contributed by atoms with Crippen molar-refractivity contribution in [1.29, 1.82) is 0 Å². The molecular weight excluding hydrogens is 380 g/mol. The Labute approximate surface area is 177 Å². The highest BCUT2D eigenvalue weighted by Gasteiger charge is 2.21. The molecule has 160 valence electrons. The highest BCUT2D eigenvalue weighted by atomic mass is 16.2. The number of aromatic nitrogens is 3. The van der Waals surface area contributed by atoms with E-state index in [9.17, 15) is 4.79 Å². The van der Waals surface area contributed by atoms with Crippen molar-refractivity contribution in [2.24, 2.45) is 4.99 Å². The molecule has 3 rings (SSSR count). The molecule has 0 spiro atoms. The predicted octanol–water partition coefficient (Wildman–Crippen LogP) is 0.708. The molecule has 0 radical (unpaired) electrons. The summed E-state index contributed by atoms with van der Waals surface area (Å²) in [6.45, 7) is 6.85. The van der Waals surface area contributed by atoms with Crippen molar-refractivity contribution in [3.8, 4) is 0 Å². The largest absolute Gasteiger partial charge is 0.357 e. The fourth-order valence-electron chi connectivity index (χ4n) is 3.23. The Balaban J connectivity index is 1.39. The zero-order valence-corrected chi connectivity index (χ0v) is 17.5. The molecule has 2 aromatic rings. The molecule has 0 bridgehead atoms. The van der Waals surface area contributed by atoms with Crippen LogP contribution in [0.25, 0.3) is 0 Å². The van der Waals surface area contributed by atoms with Crippen molar-refractivity contribution >= 4 is 17.8 Å². The van der Waals surface area contributed by atoms with Crippen LogP contribution in [0.2, 0.25) is 0 Å². The minimum atomic E-state index is 0.136. The molecule has 1 saturated heterocycles. The average molecular weight is 411 g/mol. The Hall–Kier alpha value is -3.23. The number of aliphatic imine (C=N–C) groups is 1. The van der Waals surface area contributed by atoms with Gasteiger partial charge in [0.05, 0.1) is 6.54 Å². The SMILES string of the molecule is CCNC(=NCCC(=O)N1CCN(c2ncccn2)CC1)NCCc1ccccn1. The van der Waals surface area contributed by atoms with Gasteiger partial charge in [0.1, 0.15) is 0 Å². The molecular formula is C21H30N8O. The average Bonchev–Trinajstić information content (AvgIpc) is 2.80. The fourth-order valence-corrected chi connectivity index (χ4v) is 3.23. The molecule has 1 fully saturated rings. The van der Waals surface area contributed by atoms with Gasteiger partial charge in [-0.05, 0) is 25.1 Å². The van der Waals surface area contributed by atoms with Crippen LogP contribution in [0.3, 0.4) is 0 Å². The van der Waals surface area contributed by atoms with Crippen molar-refractivity contribution in [2.45, 2.75) is 19.8 Å². The molecule has 30 heavy (non-hydrogen) atoms. The van der Waals surface area contributed by atoms with E-state index in [2.05, 4.69) is 35.5 Å². The molecule has 9 heteroatoms. The van der Waals surface area contributed by atoms with Crippen LogP contribution in [-0.2, 0) is 11.2 Å². The van der Waals surface area contributed by atoms with Crippen LogP contribution < -0.4 is 15.5 Å². The van der Waals surface area contributed by atoms with E-state index in [1.54, 1.807) is 24.7 Å². The van der Waals surface area contributed by atoms with E-state index in [0.29, 0.717) is 26.1 Å². The third-order valence-electron chi connectivity index (χ3n) is 4.81. The Morgan fingerprint density at radius 3 is 2.50 bits per heavy atom. The van der Waals surface area contributed by atoms with Gasteiger partial charge in [0, 0.05) is 76.4 Å². The lowest BCUT2D eigenvalue weighted by atomic mass is 10.3. The van der Waals surface area contributed by atoms with Crippen LogP contribution in [0, 0.1) is 0 Å². The molecule has 2 N–H and O–H groups in total. The first-order chi connectivity index (χ1) is 14.8. The first-order valence-corrected chi connectivity index (χ1v) is 10.5. The van der Waals surface area contributed by atoms with Crippen molar-refractivity contribution in [3.63, 3.8) is 0 Å².